The zero-order chi connectivity index (χ0) is 8.27. The fraction of sp³-hybridized carbons (Fsp3) is 0.286. The van der Waals surface area contributed by atoms with Crippen LogP contribution >= 0.6 is 0 Å². The molecule has 1 rings (SSSR count). The molecular weight excluding hydrogens is 144 g/mol. The summed E-state index contributed by atoms with van der Waals surface area (Å²) in [5, 5.41) is 0. The summed E-state index contributed by atoms with van der Waals surface area (Å²) < 4.78 is 6.19. The summed E-state index contributed by atoms with van der Waals surface area (Å²) in [5.41, 5.74) is 0.456. The van der Waals surface area contributed by atoms with Gasteiger partial charge < -0.3 is 4.74 Å². The van der Waals surface area contributed by atoms with Gasteiger partial charge in [-0.05, 0) is 0 Å². The van der Waals surface area contributed by atoms with Crippen molar-refractivity contribution in [2.24, 2.45) is 7.05 Å². The average Bonchev–Trinajstić information content (AvgIpc) is 2.03. The summed E-state index contributed by atoms with van der Waals surface area (Å²) in [6, 6.07) is 0. The molecule has 58 valence electrons. The van der Waals surface area contributed by atoms with Crippen molar-refractivity contribution in [1.29, 1.82) is 0 Å². The number of rotatable bonds is 1. The lowest BCUT2D eigenvalue weighted by molar-refractivity contribution is -0.674. The summed E-state index contributed by atoms with van der Waals surface area (Å²) in [5.74, 6) is -0.367. The number of methoxy groups -OCH3 is 1. The number of aromatic nitrogens is 2. The van der Waals surface area contributed by atoms with E-state index in [1.54, 1.807) is 24.1 Å². The van der Waals surface area contributed by atoms with Gasteiger partial charge in [0.05, 0.1) is 14.2 Å². The first-order chi connectivity index (χ1) is 5.24. The van der Waals surface area contributed by atoms with Gasteiger partial charge in [0.1, 0.15) is 11.8 Å². The fourth-order valence-electron chi connectivity index (χ4n) is 0.728. The molecule has 0 atom stereocenters. The SMILES string of the molecule is COC(=O)c1cnc[n+](C)c1. The molecule has 1 aromatic heterocycles. The monoisotopic (exact) mass is 153 g/mol. The van der Waals surface area contributed by atoms with E-state index in [1.165, 1.54) is 13.3 Å². The van der Waals surface area contributed by atoms with Crippen molar-refractivity contribution in [2.75, 3.05) is 7.11 Å². The molecule has 0 unspecified atom stereocenters. The molecule has 0 aromatic carbocycles. The summed E-state index contributed by atoms with van der Waals surface area (Å²) in [7, 11) is 3.13. The van der Waals surface area contributed by atoms with Crippen molar-refractivity contribution in [3.8, 4) is 0 Å². The lowest BCUT2D eigenvalue weighted by atomic mass is 10.3. The molecule has 1 aromatic rings. The molecule has 0 saturated carbocycles. The highest BCUT2D eigenvalue weighted by Crippen LogP contribution is 1.92. The normalized spacial score (nSPS) is 9.27. The molecule has 0 bridgehead atoms. The second-order valence-electron chi connectivity index (χ2n) is 2.14. The zero-order valence-corrected chi connectivity index (χ0v) is 6.44. The van der Waals surface area contributed by atoms with Crippen molar-refractivity contribution < 1.29 is 14.1 Å². The van der Waals surface area contributed by atoms with Crippen molar-refractivity contribution in [3.63, 3.8) is 0 Å². The van der Waals surface area contributed by atoms with Crippen LogP contribution in [0.3, 0.4) is 0 Å². The molecule has 0 aliphatic rings. The Hall–Kier alpha value is -1.45. The Morgan fingerprint density at radius 2 is 2.45 bits per heavy atom. The smallest absolute Gasteiger partial charge is 0.345 e. The number of carbonyl (C=O) groups excluding carboxylic acids is 1. The Morgan fingerprint density at radius 1 is 1.73 bits per heavy atom. The van der Waals surface area contributed by atoms with Crippen LogP contribution < -0.4 is 4.57 Å². The van der Waals surface area contributed by atoms with Crippen LogP contribution in [0.5, 0.6) is 0 Å². The van der Waals surface area contributed by atoms with Crippen LogP contribution in [0.1, 0.15) is 10.4 Å². The third-order valence-electron chi connectivity index (χ3n) is 1.23. The minimum absolute atomic E-state index is 0.367. The predicted octanol–water partition coefficient (Wildman–Crippen LogP) is -0.307. The largest absolute Gasteiger partial charge is 0.465 e. The molecule has 4 heteroatoms. The van der Waals surface area contributed by atoms with Gasteiger partial charge in [-0.2, -0.15) is 0 Å². The molecule has 0 saturated heterocycles. The second kappa shape index (κ2) is 3.09. The maximum Gasteiger partial charge on any atom is 0.345 e. The topological polar surface area (TPSA) is 43.1 Å². The van der Waals surface area contributed by atoms with Gasteiger partial charge in [0.25, 0.3) is 6.33 Å². The number of hydrogen-bond donors (Lipinski definition) is 0. The molecule has 0 spiro atoms. The van der Waals surface area contributed by atoms with E-state index in [0.717, 1.165) is 0 Å². The molecular formula is C7H9N2O2+. The highest BCUT2D eigenvalue weighted by atomic mass is 16.5. The first-order valence-electron chi connectivity index (χ1n) is 3.12. The van der Waals surface area contributed by atoms with Crippen LogP contribution in [0.2, 0.25) is 0 Å². The average molecular weight is 153 g/mol. The fourth-order valence-corrected chi connectivity index (χ4v) is 0.728. The van der Waals surface area contributed by atoms with E-state index in [4.69, 9.17) is 0 Å². The highest BCUT2D eigenvalue weighted by Gasteiger charge is 2.08. The zero-order valence-electron chi connectivity index (χ0n) is 6.44. The Kier molecular flexibility index (Phi) is 2.15. The Balaban J connectivity index is 2.96. The number of esters is 1. The molecule has 0 aliphatic carbocycles. The number of hydrogen-bond acceptors (Lipinski definition) is 3. The molecule has 1 heterocycles. The van der Waals surface area contributed by atoms with Gasteiger partial charge in [-0.3, -0.25) is 0 Å². The first-order valence-corrected chi connectivity index (χ1v) is 3.12. The minimum atomic E-state index is -0.367. The van der Waals surface area contributed by atoms with E-state index in [0.29, 0.717) is 5.56 Å². The molecule has 4 nitrogen and oxygen atoms in total. The van der Waals surface area contributed by atoms with Crippen molar-refractivity contribution in [2.45, 2.75) is 0 Å². The first kappa shape index (κ1) is 7.65. The van der Waals surface area contributed by atoms with E-state index in [-0.39, 0.29) is 5.97 Å². The van der Waals surface area contributed by atoms with Crippen LogP contribution in [-0.2, 0) is 11.8 Å². The van der Waals surface area contributed by atoms with Gasteiger partial charge in [-0.15, -0.1) is 0 Å². The molecule has 0 amide bonds. The maximum absolute atomic E-state index is 10.9. The van der Waals surface area contributed by atoms with Crippen LogP contribution in [-0.4, -0.2) is 18.1 Å². The van der Waals surface area contributed by atoms with Crippen molar-refractivity contribution >= 4 is 5.97 Å². The Labute approximate surface area is 64.5 Å². The van der Waals surface area contributed by atoms with Crippen LogP contribution in [0.4, 0.5) is 0 Å². The summed E-state index contributed by atoms with van der Waals surface area (Å²) in [6.45, 7) is 0. The van der Waals surface area contributed by atoms with Crippen LogP contribution in [0.15, 0.2) is 18.7 Å². The lowest BCUT2D eigenvalue weighted by Gasteiger charge is -1.94. The van der Waals surface area contributed by atoms with E-state index in [1.807, 2.05) is 0 Å². The van der Waals surface area contributed by atoms with Crippen LogP contribution in [0, 0.1) is 0 Å². The standard InChI is InChI=1S/C7H9N2O2/c1-9-4-6(3-8-5-9)7(10)11-2/h3-5H,1-2H3/q+1. The highest BCUT2D eigenvalue weighted by molar-refractivity contribution is 5.88. The van der Waals surface area contributed by atoms with E-state index >= 15 is 0 Å². The summed E-state index contributed by atoms with van der Waals surface area (Å²) in [4.78, 5) is 14.7. The predicted molar refractivity (Wildman–Crippen MR) is 36.8 cm³/mol. The third-order valence-corrected chi connectivity index (χ3v) is 1.23. The van der Waals surface area contributed by atoms with Gasteiger partial charge in [-0.25, -0.2) is 9.36 Å². The quantitative estimate of drug-likeness (QED) is 0.410. The molecule has 0 aliphatic heterocycles. The van der Waals surface area contributed by atoms with Gasteiger partial charge in [0.2, 0.25) is 0 Å². The minimum Gasteiger partial charge on any atom is -0.465 e. The third kappa shape index (κ3) is 1.73. The van der Waals surface area contributed by atoms with Gasteiger partial charge in [0, 0.05) is 0 Å². The maximum atomic E-state index is 10.9. The summed E-state index contributed by atoms with van der Waals surface area (Å²) in [6.07, 6.45) is 4.72. The summed E-state index contributed by atoms with van der Waals surface area (Å²) >= 11 is 0. The van der Waals surface area contributed by atoms with E-state index < -0.39 is 0 Å². The lowest BCUT2D eigenvalue weighted by Crippen LogP contribution is -2.29. The molecule has 0 radical (unpaired) electrons. The van der Waals surface area contributed by atoms with Crippen molar-refractivity contribution in [3.05, 3.63) is 24.3 Å². The second-order valence-corrected chi connectivity index (χ2v) is 2.14. The van der Waals surface area contributed by atoms with Crippen LogP contribution in [0.25, 0.3) is 0 Å². The van der Waals surface area contributed by atoms with Gasteiger partial charge in [-0.1, -0.05) is 4.98 Å². The Morgan fingerprint density at radius 3 is 3.00 bits per heavy atom. The number of aryl methyl sites for hydroxylation is 1. The Bertz CT molecular complexity index is 273. The number of carbonyl (C=O) groups is 1. The number of ether oxygens (including phenoxy) is 1. The molecule has 0 fully saturated rings. The molecule has 0 N–H and O–H groups in total. The number of nitrogens with zero attached hydrogens (tertiary/aromatic N) is 2. The molecule has 11 heavy (non-hydrogen) atoms. The van der Waals surface area contributed by atoms with E-state index in [9.17, 15) is 4.79 Å². The van der Waals surface area contributed by atoms with Crippen molar-refractivity contribution in [1.82, 2.24) is 4.98 Å². The van der Waals surface area contributed by atoms with E-state index in [2.05, 4.69) is 9.72 Å². The van der Waals surface area contributed by atoms with Gasteiger partial charge >= 0.3 is 5.97 Å². The van der Waals surface area contributed by atoms with Gasteiger partial charge in [0.15, 0.2) is 6.20 Å².